The lowest BCUT2D eigenvalue weighted by atomic mass is 10.1. The lowest BCUT2D eigenvalue weighted by Crippen LogP contribution is -2.36. The summed E-state index contributed by atoms with van der Waals surface area (Å²) in [6.45, 7) is 2.37. The van der Waals surface area contributed by atoms with Crippen LogP contribution in [0.25, 0.3) is 0 Å². The summed E-state index contributed by atoms with van der Waals surface area (Å²) in [6.07, 6.45) is 0. The van der Waals surface area contributed by atoms with Crippen molar-refractivity contribution in [3.8, 4) is 5.75 Å². The second kappa shape index (κ2) is 6.08. The van der Waals surface area contributed by atoms with Crippen molar-refractivity contribution in [2.75, 3.05) is 23.4 Å². The van der Waals surface area contributed by atoms with Gasteiger partial charge in [-0.1, -0.05) is 6.07 Å². The van der Waals surface area contributed by atoms with Gasteiger partial charge in [-0.15, -0.1) is 0 Å². The fraction of sp³-hybridized carbons (Fsp3) is 0.176. The molecule has 1 N–H and O–H groups in total. The number of halogens is 1. The molecule has 0 radical (unpaired) electrons. The summed E-state index contributed by atoms with van der Waals surface area (Å²) in [5.41, 5.74) is 1.35. The molecule has 0 saturated heterocycles. The van der Waals surface area contributed by atoms with Crippen molar-refractivity contribution >= 4 is 23.2 Å². The van der Waals surface area contributed by atoms with E-state index >= 15 is 0 Å². The molecule has 0 spiro atoms. The number of amides is 2. The number of carbonyl (C=O) groups is 2. The average Bonchev–Trinajstić information content (AvgIpc) is 2.54. The molecule has 0 unspecified atom stereocenters. The van der Waals surface area contributed by atoms with Crippen molar-refractivity contribution in [2.45, 2.75) is 6.92 Å². The van der Waals surface area contributed by atoms with Gasteiger partial charge in [0.1, 0.15) is 18.2 Å². The molecule has 23 heavy (non-hydrogen) atoms. The smallest absolute Gasteiger partial charge is 0.255 e. The van der Waals surface area contributed by atoms with Crippen molar-refractivity contribution in [3.05, 3.63) is 53.8 Å². The molecular formula is C17H15FN2O3. The van der Waals surface area contributed by atoms with E-state index in [0.717, 1.165) is 0 Å². The number of hydrogen-bond acceptors (Lipinski definition) is 3. The van der Waals surface area contributed by atoms with E-state index in [4.69, 9.17) is 4.74 Å². The van der Waals surface area contributed by atoms with Crippen LogP contribution in [0.15, 0.2) is 42.5 Å². The minimum absolute atomic E-state index is 0.0943. The molecule has 6 heteroatoms. The summed E-state index contributed by atoms with van der Waals surface area (Å²) < 4.78 is 18.7. The Morgan fingerprint density at radius 2 is 2.04 bits per heavy atom. The molecule has 0 atom stereocenters. The number of carbonyl (C=O) groups excluding carboxylic acids is 2. The van der Waals surface area contributed by atoms with E-state index in [2.05, 4.69) is 5.32 Å². The molecular weight excluding hydrogens is 299 g/mol. The Labute approximate surface area is 132 Å². The standard InChI is InChI=1S/C17H15FN2O3/c1-11(21)20-7-8-23-16-6-5-14(10-15(16)20)19-17(22)12-3-2-4-13(18)9-12/h2-6,9-10H,7-8H2,1H3,(H,19,22). The molecule has 2 amide bonds. The van der Waals surface area contributed by atoms with Crippen molar-refractivity contribution < 1.29 is 18.7 Å². The first-order valence-electron chi connectivity index (χ1n) is 7.16. The maximum absolute atomic E-state index is 13.2. The summed E-state index contributed by atoms with van der Waals surface area (Å²) in [5, 5.41) is 2.70. The lowest BCUT2D eigenvalue weighted by molar-refractivity contribution is -0.116. The molecule has 0 fully saturated rings. The minimum atomic E-state index is -0.473. The van der Waals surface area contributed by atoms with Crippen molar-refractivity contribution in [1.29, 1.82) is 0 Å². The molecule has 0 aromatic heterocycles. The van der Waals surface area contributed by atoms with E-state index in [-0.39, 0.29) is 11.5 Å². The summed E-state index contributed by atoms with van der Waals surface area (Å²) in [7, 11) is 0. The van der Waals surface area contributed by atoms with Crippen LogP contribution in [-0.2, 0) is 4.79 Å². The highest BCUT2D eigenvalue weighted by Gasteiger charge is 2.21. The van der Waals surface area contributed by atoms with Gasteiger partial charge in [-0.25, -0.2) is 4.39 Å². The van der Waals surface area contributed by atoms with E-state index in [1.165, 1.54) is 31.2 Å². The van der Waals surface area contributed by atoms with E-state index in [1.54, 1.807) is 23.1 Å². The van der Waals surface area contributed by atoms with Crippen LogP contribution in [0, 0.1) is 5.82 Å². The zero-order chi connectivity index (χ0) is 16.4. The zero-order valence-electron chi connectivity index (χ0n) is 12.5. The normalized spacial score (nSPS) is 13.0. The molecule has 0 aliphatic carbocycles. The van der Waals surface area contributed by atoms with Crippen LogP contribution >= 0.6 is 0 Å². The van der Waals surface area contributed by atoms with E-state index in [9.17, 15) is 14.0 Å². The van der Waals surface area contributed by atoms with Gasteiger partial charge >= 0.3 is 0 Å². The minimum Gasteiger partial charge on any atom is -0.490 e. The lowest BCUT2D eigenvalue weighted by Gasteiger charge is -2.29. The number of ether oxygens (including phenoxy) is 1. The Morgan fingerprint density at radius 3 is 2.78 bits per heavy atom. The number of fused-ring (bicyclic) bond motifs is 1. The quantitative estimate of drug-likeness (QED) is 0.927. The molecule has 5 nitrogen and oxygen atoms in total. The second-order valence-corrected chi connectivity index (χ2v) is 5.17. The number of nitrogens with one attached hydrogen (secondary N) is 1. The van der Waals surface area contributed by atoms with E-state index in [0.29, 0.717) is 30.3 Å². The molecule has 2 aromatic carbocycles. The highest BCUT2D eigenvalue weighted by molar-refractivity contribution is 6.05. The van der Waals surface area contributed by atoms with Gasteiger partial charge < -0.3 is 15.0 Å². The number of rotatable bonds is 2. The zero-order valence-corrected chi connectivity index (χ0v) is 12.5. The Kier molecular flexibility index (Phi) is 3.97. The maximum Gasteiger partial charge on any atom is 0.255 e. The third-order valence-electron chi connectivity index (χ3n) is 3.55. The van der Waals surface area contributed by atoms with Gasteiger partial charge in [0.15, 0.2) is 0 Å². The first kappa shape index (κ1) is 15.0. The van der Waals surface area contributed by atoms with Gasteiger partial charge in [-0.2, -0.15) is 0 Å². The molecule has 0 saturated carbocycles. The van der Waals surface area contributed by atoms with Crippen LogP contribution in [0.2, 0.25) is 0 Å². The molecule has 1 heterocycles. The van der Waals surface area contributed by atoms with Gasteiger partial charge in [0.05, 0.1) is 12.2 Å². The molecule has 3 rings (SSSR count). The fourth-order valence-electron chi connectivity index (χ4n) is 2.46. The fourth-order valence-corrected chi connectivity index (χ4v) is 2.46. The molecule has 1 aliphatic rings. The molecule has 2 aromatic rings. The van der Waals surface area contributed by atoms with Gasteiger partial charge in [0.2, 0.25) is 5.91 Å². The van der Waals surface area contributed by atoms with Crippen molar-refractivity contribution in [1.82, 2.24) is 0 Å². The topological polar surface area (TPSA) is 58.6 Å². The third kappa shape index (κ3) is 3.15. The average molecular weight is 314 g/mol. The second-order valence-electron chi connectivity index (χ2n) is 5.17. The highest BCUT2D eigenvalue weighted by Crippen LogP contribution is 2.34. The Morgan fingerprint density at radius 1 is 1.22 bits per heavy atom. The molecule has 118 valence electrons. The Hall–Kier alpha value is -2.89. The number of anilines is 2. The Bertz CT molecular complexity index is 776. The van der Waals surface area contributed by atoms with Gasteiger partial charge in [0, 0.05) is 18.2 Å². The van der Waals surface area contributed by atoms with Crippen LogP contribution in [0.5, 0.6) is 5.75 Å². The van der Waals surface area contributed by atoms with Crippen molar-refractivity contribution in [3.63, 3.8) is 0 Å². The van der Waals surface area contributed by atoms with Gasteiger partial charge in [-0.3, -0.25) is 9.59 Å². The third-order valence-corrected chi connectivity index (χ3v) is 3.55. The first-order valence-corrected chi connectivity index (χ1v) is 7.16. The van der Waals surface area contributed by atoms with Crippen molar-refractivity contribution in [2.24, 2.45) is 0 Å². The number of hydrogen-bond donors (Lipinski definition) is 1. The summed E-state index contributed by atoms with van der Waals surface area (Å²) in [6, 6.07) is 10.5. The highest BCUT2D eigenvalue weighted by atomic mass is 19.1. The van der Waals surface area contributed by atoms with Crippen LogP contribution in [0.3, 0.4) is 0 Å². The van der Waals surface area contributed by atoms with E-state index < -0.39 is 11.7 Å². The monoisotopic (exact) mass is 314 g/mol. The SMILES string of the molecule is CC(=O)N1CCOc2ccc(NC(=O)c3cccc(F)c3)cc21. The summed E-state index contributed by atoms with van der Waals surface area (Å²) >= 11 is 0. The van der Waals surface area contributed by atoms with Gasteiger partial charge in [-0.05, 0) is 36.4 Å². The van der Waals surface area contributed by atoms with E-state index in [1.807, 2.05) is 0 Å². The van der Waals surface area contributed by atoms with Crippen LogP contribution in [0.4, 0.5) is 15.8 Å². The predicted molar refractivity (Wildman–Crippen MR) is 84.3 cm³/mol. The Balaban J connectivity index is 1.85. The van der Waals surface area contributed by atoms with Crippen LogP contribution in [0.1, 0.15) is 17.3 Å². The molecule has 1 aliphatic heterocycles. The molecule has 0 bridgehead atoms. The van der Waals surface area contributed by atoms with Gasteiger partial charge in [0.25, 0.3) is 5.91 Å². The number of benzene rings is 2. The predicted octanol–water partition coefficient (Wildman–Crippen LogP) is 2.82. The van der Waals surface area contributed by atoms with Crippen LogP contribution in [-0.4, -0.2) is 25.0 Å². The number of nitrogens with zero attached hydrogens (tertiary/aromatic N) is 1. The first-order chi connectivity index (χ1) is 11.0. The summed E-state index contributed by atoms with van der Waals surface area (Å²) in [4.78, 5) is 25.4. The largest absolute Gasteiger partial charge is 0.490 e. The summed E-state index contributed by atoms with van der Waals surface area (Å²) in [5.74, 6) is -0.395. The van der Waals surface area contributed by atoms with Crippen LogP contribution < -0.4 is 15.0 Å². The maximum atomic E-state index is 13.2.